The van der Waals surface area contributed by atoms with Crippen molar-refractivity contribution in [2.24, 2.45) is 0 Å². The van der Waals surface area contributed by atoms with Gasteiger partial charge in [-0.2, -0.15) is 0 Å². The van der Waals surface area contributed by atoms with Gasteiger partial charge < -0.3 is 0 Å². The van der Waals surface area contributed by atoms with E-state index >= 15 is 0 Å². The van der Waals surface area contributed by atoms with Crippen LogP contribution in [0.2, 0.25) is 0 Å². The Bertz CT molecular complexity index is 917. The van der Waals surface area contributed by atoms with E-state index in [9.17, 15) is 0 Å². The number of rotatable bonds is 6. The third kappa shape index (κ3) is 3.65. The highest BCUT2D eigenvalue weighted by Crippen LogP contribution is 2.58. The highest BCUT2D eigenvalue weighted by atomic mass is 32.2. The molecule has 0 aliphatic rings. The Balaban J connectivity index is 2.01. The second-order valence-corrected chi connectivity index (χ2v) is 11.1. The van der Waals surface area contributed by atoms with Gasteiger partial charge in [0.05, 0.1) is 6.16 Å². The smallest absolute Gasteiger partial charge is 0.116 e. The van der Waals surface area contributed by atoms with Crippen LogP contribution in [0.15, 0.2) is 120 Å². The Hall–Kier alpha value is -2.34. The molecule has 0 nitrogen and oxygen atoms in total. The Kier molecular flexibility index (Phi) is 5.95. The highest BCUT2D eigenvalue weighted by molar-refractivity contribution is 7.98. The zero-order valence-corrected chi connectivity index (χ0v) is 17.7. The lowest BCUT2D eigenvalue weighted by molar-refractivity contribution is 1.26. The molecule has 0 N–H and O–H groups in total. The summed E-state index contributed by atoms with van der Waals surface area (Å²) in [6.07, 6.45) is 3.20. The normalized spacial score (nSPS) is 11.3. The van der Waals surface area contributed by atoms with E-state index in [1.54, 1.807) is 0 Å². The van der Waals surface area contributed by atoms with Crippen molar-refractivity contribution < 1.29 is 0 Å². The molecule has 28 heavy (non-hydrogen) atoms. The lowest BCUT2D eigenvalue weighted by Gasteiger charge is -2.28. The van der Waals surface area contributed by atoms with Gasteiger partial charge >= 0.3 is 0 Å². The molecule has 0 aromatic heterocycles. The lowest BCUT2D eigenvalue weighted by Crippen LogP contribution is -2.32. The van der Waals surface area contributed by atoms with E-state index in [4.69, 9.17) is 0 Å². The summed E-state index contributed by atoms with van der Waals surface area (Å²) >= 11 is 1.84. The zero-order chi connectivity index (χ0) is 19.2. The molecule has 0 unspecified atom stereocenters. The standard InChI is InChI=1S/C26H24PS/c1-28-26-20-12-11-13-22(26)21-27(23-14-5-2-6-15-23,24-16-7-3-8-17-24)25-18-9-4-10-19-25/h2-20H,21H2,1H3/q+1. The van der Waals surface area contributed by atoms with Crippen LogP contribution in [0.5, 0.6) is 0 Å². The molecule has 2 heteroatoms. The highest BCUT2D eigenvalue weighted by Gasteiger charge is 2.45. The van der Waals surface area contributed by atoms with Gasteiger partial charge in [0.15, 0.2) is 0 Å². The molecule has 0 saturated heterocycles. The predicted molar refractivity (Wildman–Crippen MR) is 127 cm³/mol. The molecule has 0 radical (unpaired) electrons. The molecule has 4 aromatic rings. The fourth-order valence-corrected chi connectivity index (χ4v) is 8.85. The van der Waals surface area contributed by atoms with E-state index in [-0.39, 0.29) is 0 Å². The minimum absolute atomic E-state index is 1.03. The van der Waals surface area contributed by atoms with Crippen LogP contribution in [-0.4, -0.2) is 6.26 Å². The predicted octanol–water partition coefficient (Wildman–Crippen LogP) is 5.90. The van der Waals surface area contributed by atoms with Crippen LogP contribution in [0.3, 0.4) is 0 Å². The maximum atomic E-state index is 2.31. The van der Waals surface area contributed by atoms with Crippen molar-refractivity contribution >= 4 is 34.9 Å². The molecule has 4 aromatic carbocycles. The summed E-state index contributed by atoms with van der Waals surface area (Å²) in [6.45, 7) is 0. The van der Waals surface area contributed by atoms with E-state index < -0.39 is 7.26 Å². The summed E-state index contributed by atoms with van der Waals surface area (Å²) < 4.78 is 0. The Labute approximate surface area is 173 Å². The summed E-state index contributed by atoms with van der Waals surface area (Å²) in [7, 11) is -1.83. The number of benzene rings is 4. The Morgan fingerprint density at radius 2 is 0.929 bits per heavy atom. The first kappa shape index (κ1) is 19.0. The van der Waals surface area contributed by atoms with Crippen molar-refractivity contribution in [2.75, 3.05) is 6.26 Å². The Morgan fingerprint density at radius 3 is 1.36 bits per heavy atom. The van der Waals surface area contributed by atoms with Gasteiger partial charge in [0, 0.05) is 10.5 Å². The van der Waals surface area contributed by atoms with Crippen LogP contribution < -0.4 is 15.9 Å². The zero-order valence-electron chi connectivity index (χ0n) is 16.0. The summed E-state index contributed by atoms with van der Waals surface area (Å²) in [5.41, 5.74) is 1.43. The van der Waals surface area contributed by atoms with E-state index in [0.29, 0.717) is 0 Å². The third-order valence-corrected chi connectivity index (χ3v) is 10.4. The molecule has 0 amide bonds. The SMILES string of the molecule is CSc1ccccc1C[P+](c1ccccc1)(c1ccccc1)c1ccccc1. The minimum Gasteiger partial charge on any atom is -0.129 e. The van der Waals surface area contributed by atoms with E-state index in [1.807, 2.05) is 11.8 Å². The van der Waals surface area contributed by atoms with Gasteiger partial charge in [-0.05, 0) is 48.7 Å². The van der Waals surface area contributed by atoms with Gasteiger partial charge in [0.25, 0.3) is 0 Å². The van der Waals surface area contributed by atoms with Crippen molar-refractivity contribution in [3.63, 3.8) is 0 Å². The molecule has 0 fully saturated rings. The first-order chi connectivity index (χ1) is 13.8. The average Bonchev–Trinajstić information content (AvgIpc) is 2.79. The first-order valence-electron chi connectivity index (χ1n) is 9.51. The van der Waals surface area contributed by atoms with Crippen molar-refractivity contribution in [1.29, 1.82) is 0 Å². The largest absolute Gasteiger partial charge is 0.129 e. The second kappa shape index (κ2) is 8.78. The molecule has 0 saturated carbocycles. The average molecular weight is 400 g/mol. The van der Waals surface area contributed by atoms with E-state index in [2.05, 4.69) is 122 Å². The maximum absolute atomic E-state index is 2.31. The van der Waals surface area contributed by atoms with Gasteiger partial charge in [-0.25, -0.2) is 0 Å². The summed E-state index contributed by atoms with van der Waals surface area (Å²) in [5.74, 6) is 0. The molecule has 138 valence electrons. The molecular weight excluding hydrogens is 375 g/mol. The van der Waals surface area contributed by atoms with Crippen molar-refractivity contribution in [3.8, 4) is 0 Å². The topological polar surface area (TPSA) is 0 Å². The fourth-order valence-electron chi connectivity index (χ4n) is 3.86. The summed E-state index contributed by atoms with van der Waals surface area (Å²) in [6, 6.07) is 42.2. The fraction of sp³-hybridized carbons (Fsp3) is 0.0769. The van der Waals surface area contributed by atoms with Gasteiger partial charge in [-0.15, -0.1) is 11.8 Å². The van der Waals surface area contributed by atoms with Gasteiger partial charge in [0.2, 0.25) is 0 Å². The van der Waals surface area contributed by atoms with Crippen LogP contribution in [0.1, 0.15) is 5.56 Å². The lowest BCUT2D eigenvalue weighted by atomic mass is 10.2. The van der Waals surface area contributed by atoms with Crippen molar-refractivity contribution in [2.45, 2.75) is 11.1 Å². The Morgan fingerprint density at radius 1 is 0.536 bits per heavy atom. The van der Waals surface area contributed by atoms with E-state index in [0.717, 1.165) is 6.16 Å². The van der Waals surface area contributed by atoms with Crippen molar-refractivity contribution in [1.82, 2.24) is 0 Å². The molecule has 4 rings (SSSR count). The van der Waals surface area contributed by atoms with Crippen LogP contribution in [0.4, 0.5) is 0 Å². The van der Waals surface area contributed by atoms with Crippen LogP contribution in [-0.2, 0) is 6.16 Å². The quantitative estimate of drug-likeness (QED) is 0.287. The molecule has 0 aliphatic heterocycles. The minimum atomic E-state index is -1.83. The molecule has 0 spiro atoms. The van der Waals surface area contributed by atoms with Crippen LogP contribution >= 0.6 is 19.0 Å². The third-order valence-electron chi connectivity index (χ3n) is 5.19. The first-order valence-corrected chi connectivity index (χ1v) is 12.7. The molecule has 0 bridgehead atoms. The van der Waals surface area contributed by atoms with Gasteiger partial charge in [0.1, 0.15) is 23.2 Å². The molecule has 0 heterocycles. The molecule has 0 aliphatic carbocycles. The summed E-state index contributed by atoms with van der Waals surface area (Å²) in [5, 5.41) is 4.30. The monoisotopic (exact) mass is 399 g/mol. The number of thioether (sulfide) groups is 1. The van der Waals surface area contributed by atoms with Crippen LogP contribution in [0.25, 0.3) is 0 Å². The van der Waals surface area contributed by atoms with Crippen LogP contribution in [0, 0.1) is 0 Å². The maximum Gasteiger partial charge on any atom is 0.116 e. The van der Waals surface area contributed by atoms with Crippen molar-refractivity contribution in [3.05, 3.63) is 121 Å². The van der Waals surface area contributed by atoms with Gasteiger partial charge in [-0.3, -0.25) is 0 Å². The van der Waals surface area contributed by atoms with Gasteiger partial charge in [-0.1, -0.05) is 72.8 Å². The van der Waals surface area contributed by atoms with E-state index in [1.165, 1.54) is 26.4 Å². The molecular formula is C26H24PS+. The number of hydrogen-bond acceptors (Lipinski definition) is 1. The second-order valence-electron chi connectivity index (χ2n) is 6.79. The number of hydrogen-bond donors (Lipinski definition) is 0. The molecule has 0 atom stereocenters. The summed E-state index contributed by atoms with van der Waals surface area (Å²) in [4.78, 5) is 1.37.